The lowest BCUT2D eigenvalue weighted by atomic mass is 10.1. The predicted molar refractivity (Wildman–Crippen MR) is 101 cm³/mol. The summed E-state index contributed by atoms with van der Waals surface area (Å²) >= 11 is 0. The molecule has 6 heteroatoms. The quantitative estimate of drug-likeness (QED) is 0.747. The molecule has 0 aliphatic carbocycles. The molecular weight excluding hydrogens is 330 g/mol. The molecule has 1 aromatic carbocycles. The number of aromatic nitrogens is 1. The van der Waals surface area contributed by atoms with Crippen molar-refractivity contribution in [1.82, 2.24) is 9.88 Å². The van der Waals surface area contributed by atoms with Crippen LogP contribution in [0.25, 0.3) is 0 Å². The number of pyridine rings is 1. The van der Waals surface area contributed by atoms with E-state index in [0.717, 1.165) is 18.8 Å². The van der Waals surface area contributed by atoms with Crippen molar-refractivity contribution in [2.24, 2.45) is 0 Å². The van der Waals surface area contributed by atoms with E-state index in [1.54, 1.807) is 43.8 Å². The van der Waals surface area contributed by atoms with Crippen LogP contribution in [0, 0.1) is 0 Å². The lowest BCUT2D eigenvalue weighted by Crippen LogP contribution is -2.48. The maximum absolute atomic E-state index is 12.8. The van der Waals surface area contributed by atoms with Gasteiger partial charge in [0.2, 0.25) is 0 Å². The zero-order chi connectivity index (χ0) is 18.4. The van der Waals surface area contributed by atoms with E-state index in [1.165, 1.54) is 0 Å². The molecule has 0 spiro atoms. The second-order valence-electron chi connectivity index (χ2n) is 5.95. The Kier molecular flexibility index (Phi) is 5.73. The Morgan fingerprint density at radius 2 is 1.88 bits per heavy atom. The fourth-order valence-corrected chi connectivity index (χ4v) is 2.97. The largest absolute Gasteiger partial charge is 0.493 e. The number of piperazine rings is 1. The van der Waals surface area contributed by atoms with E-state index in [0.29, 0.717) is 36.8 Å². The smallest absolute Gasteiger partial charge is 0.254 e. The van der Waals surface area contributed by atoms with E-state index < -0.39 is 0 Å². The molecule has 0 N–H and O–H groups in total. The van der Waals surface area contributed by atoms with Gasteiger partial charge in [-0.3, -0.25) is 9.78 Å². The first-order valence-corrected chi connectivity index (χ1v) is 8.59. The van der Waals surface area contributed by atoms with Gasteiger partial charge < -0.3 is 19.3 Å². The van der Waals surface area contributed by atoms with Crippen molar-refractivity contribution in [1.29, 1.82) is 0 Å². The zero-order valence-corrected chi connectivity index (χ0v) is 14.9. The fourth-order valence-electron chi connectivity index (χ4n) is 2.97. The van der Waals surface area contributed by atoms with E-state index in [-0.39, 0.29) is 5.91 Å². The van der Waals surface area contributed by atoms with Gasteiger partial charge in [-0.25, -0.2) is 0 Å². The first-order valence-electron chi connectivity index (χ1n) is 8.59. The molecule has 0 bridgehead atoms. The third-order valence-corrected chi connectivity index (χ3v) is 4.36. The number of methoxy groups -OCH3 is 1. The molecular formula is C20H23N3O3. The number of carbonyl (C=O) groups is 1. The van der Waals surface area contributed by atoms with Gasteiger partial charge in [0.1, 0.15) is 6.61 Å². The number of anilines is 1. The normalized spacial score (nSPS) is 14.0. The van der Waals surface area contributed by atoms with E-state index in [4.69, 9.17) is 9.47 Å². The van der Waals surface area contributed by atoms with Crippen molar-refractivity contribution >= 4 is 11.6 Å². The van der Waals surface area contributed by atoms with Crippen LogP contribution in [-0.2, 0) is 0 Å². The van der Waals surface area contributed by atoms with Gasteiger partial charge in [-0.2, -0.15) is 0 Å². The Bertz CT molecular complexity index is 756. The molecule has 0 radical (unpaired) electrons. The molecule has 3 rings (SSSR count). The highest BCUT2D eigenvalue weighted by molar-refractivity contribution is 5.95. The van der Waals surface area contributed by atoms with E-state index in [1.807, 2.05) is 17.0 Å². The number of rotatable bonds is 6. The minimum atomic E-state index is 0.00736. The topological polar surface area (TPSA) is 54.9 Å². The summed E-state index contributed by atoms with van der Waals surface area (Å²) in [7, 11) is 1.57. The predicted octanol–water partition coefficient (Wildman–Crippen LogP) is 2.62. The second-order valence-corrected chi connectivity index (χ2v) is 5.95. The van der Waals surface area contributed by atoms with Crippen molar-refractivity contribution in [3.8, 4) is 11.5 Å². The third kappa shape index (κ3) is 3.96. The summed E-state index contributed by atoms with van der Waals surface area (Å²) in [5, 5.41) is 0. The summed E-state index contributed by atoms with van der Waals surface area (Å²) in [4.78, 5) is 21.0. The Balaban J connectivity index is 1.65. The third-order valence-electron chi connectivity index (χ3n) is 4.36. The summed E-state index contributed by atoms with van der Waals surface area (Å²) in [6, 6.07) is 9.26. The van der Waals surface area contributed by atoms with Crippen LogP contribution in [0.5, 0.6) is 11.5 Å². The van der Waals surface area contributed by atoms with Crippen LogP contribution in [0.3, 0.4) is 0 Å². The zero-order valence-electron chi connectivity index (χ0n) is 14.9. The van der Waals surface area contributed by atoms with Gasteiger partial charge in [0, 0.05) is 49.8 Å². The first-order chi connectivity index (χ1) is 12.7. The lowest BCUT2D eigenvalue weighted by Gasteiger charge is -2.36. The van der Waals surface area contributed by atoms with Crippen molar-refractivity contribution in [2.45, 2.75) is 0 Å². The number of amides is 1. The minimum absolute atomic E-state index is 0.00736. The molecule has 1 amide bonds. The van der Waals surface area contributed by atoms with Crippen molar-refractivity contribution in [3.05, 3.63) is 60.9 Å². The van der Waals surface area contributed by atoms with Gasteiger partial charge in [-0.05, 0) is 30.3 Å². The summed E-state index contributed by atoms with van der Waals surface area (Å²) in [5.41, 5.74) is 1.74. The molecule has 1 fully saturated rings. The van der Waals surface area contributed by atoms with Gasteiger partial charge in [-0.1, -0.05) is 12.7 Å². The van der Waals surface area contributed by atoms with E-state index >= 15 is 0 Å². The minimum Gasteiger partial charge on any atom is -0.493 e. The Morgan fingerprint density at radius 3 is 2.54 bits per heavy atom. The molecule has 1 aliphatic rings. The molecule has 136 valence electrons. The monoisotopic (exact) mass is 353 g/mol. The van der Waals surface area contributed by atoms with Crippen LogP contribution in [0.15, 0.2) is 55.4 Å². The highest BCUT2D eigenvalue weighted by Gasteiger charge is 2.23. The number of carbonyl (C=O) groups excluding carboxylic acids is 1. The van der Waals surface area contributed by atoms with Gasteiger partial charge >= 0.3 is 0 Å². The average molecular weight is 353 g/mol. The van der Waals surface area contributed by atoms with Gasteiger partial charge in [-0.15, -0.1) is 0 Å². The first kappa shape index (κ1) is 17.8. The molecule has 26 heavy (non-hydrogen) atoms. The Morgan fingerprint density at radius 1 is 1.15 bits per heavy atom. The van der Waals surface area contributed by atoms with Crippen molar-refractivity contribution in [3.63, 3.8) is 0 Å². The Labute approximate surface area is 153 Å². The number of nitrogens with zero attached hydrogens (tertiary/aromatic N) is 3. The molecule has 1 aliphatic heterocycles. The van der Waals surface area contributed by atoms with Crippen LogP contribution < -0.4 is 14.4 Å². The summed E-state index contributed by atoms with van der Waals surface area (Å²) in [6.07, 6.45) is 5.24. The molecule has 0 unspecified atom stereocenters. The van der Waals surface area contributed by atoms with Crippen molar-refractivity contribution < 1.29 is 14.3 Å². The number of hydrogen-bond donors (Lipinski definition) is 0. The number of hydrogen-bond acceptors (Lipinski definition) is 5. The second kappa shape index (κ2) is 8.38. The molecule has 1 aromatic heterocycles. The van der Waals surface area contributed by atoms with Crippen molar-refractivity contribution in [2.75, 3.05) is 44.8 Å². The van der Waals surface area contributed by atoms with E-state index in [9.17, 15) is 4.79 Å². The van der Waals surface area contributed by atoms with Crippen LogP contribution in [0.1, 0.15) is 10.4 Å². The van der Waals surface area contributed by atoms with Gasteiger partial charge in [0.15, 0.2) is 11.5 Å². The molecule has 0 atom stereocenters. The van der Waals surface area contributed by atoms with E-state index in [2.05, 4.69) is 16.5 Å². The van der Waals surface area contributed by atoms with Crippen LogP contribution >= 0.6 is 0 Å². The summed E-state index contributed by atoms with van der Waals surface area (Å²) < 4.78 is 10.9. The van der Waals surface area contributed by atoms with Gasteiger partial charge in [0.05, 0.1) is 7.11 Å². The standard InChI is InChI=1S/C20H23N3O3/c1-3-14-26-18-5-4-16(15-19(18)25-2)20(24)23-12-10-22(11-13-23)17-6-8-21-9-7-17/h3-9,15H,1,10-14H2,2H3. The molecule has 1 saturated heterocycles. The number of ether oxygens (including phenoxy) is 2. The highest BCUT2D eigenvalue weighted by Crippen LogP contribution is 2.29. The van der Waals surface area contributed by atoms with Crippen LogP contribution in [-0.4, -0.2) is 55.7 Å². The lowest BCUT2D eigenvalue weighted by molar-refractivity contribution is 0.0746. The summed E-state index contributed by atoms with van der Waals surface area (Å²) in [5.74, 6) is 1.16. The van der Waals surface area contributed by atoms with Gasteiger partial charge in [0.25, 0.3) is 5.91 Å². The number of benzene rings is 1. The molecule has 2 heterocycles. The molecule has 0 saturated carbocycles. The van der Waals surface area contributed by atoms with Crippen LogP contribution in [0.2, 0.25) is 0 Å². The average Bonchev–Trinajstić information content (AvgIpc) is 2.72. The summed E-state index contributed by atoms with van der Waals surface area (Å²) in [6.45, 7) is 6.98. The fraction of sp³-hybridized carbons (Fsp3) is 0.300. The maximum Gasteiger partial charge on any atom is 0.254 e. The Hall–Kier alpha value is -3.02. The maximum atomic E-state index is 12.8. The molecule has 6 nitrogen and oxygen atoms in total. The molecule has 2 aromatic rings. The SMILES string of the molecule is C=CCOc1ccc(C(=O)N2CCN(c3ccncc3)CC2)cc1OC. The highest BCUT2D eigenvalue weighted by atomic mass is 16.5. The van der Waals surface area contributed by atoms with Crippen LogP contribution in [0.4, 0.5) is 5.69 Å².